The molecule has 0 radical (unpaired) electrons. The fraction of sp³-hybridized carbons (Fsp3) is 0.154. The van der Waals surface area contributed by atoms with Gasteiger partial charge in [-0.15, -0.1) is 22.9 Å². The molecule has 0 aliphatic heterocycles. The molecule has 0 saturated heterocycles. The molecule has 3 aromatic rings. The van der Waals surface area contributed by atoms with Crippen molar-refractivity contribution in [3.05, 3.63) is 50.4 Å². The number of alkyl halides is 1. The predicted molar refractivity (Wildman–Crippen MR) is 80.3 cm³/mol. The second-order valence-electron chi connectivity index (χ2n) is 4.21. The van der Waals surface area contributed by atoms with Crippen LogP contribution in [0.2, 0.25) is 0 Å². The average molecular weight is 378 g/mol. The summed E-state index contributed by atoms with van der Waals surface area (Å²) in [4.78, 5) is 5.21. The fourth-order valence-corrected chi connectivity index (χ4v) is 3.74. The molecule has 20 heavy (non-hydrogen) atoms. The predicted octanol–water partition coefficient (Wildman–Crippen LogP) is 4.93. The van der Waals surface area contributed by atoms with Crippen LogP contribution in [0.1, 0.15) is 10.7 Å². The van der Waals surface area contributed by atoms with Crippen molar-refractivity contribution < 1.29 is 8.78 Å². The molecule has 0 N–H and O–H groups in total. The molecule has 2 aromatic heterocycles. The van der Waals surface area contributed by atoms with Gasteiger partial charge in [-0.3, -0.25) is 0 Å². The number of hydrogen-bond acceptors (Lipinski definition) is 2. The zero-order valence-corrected chi connectivity index (χ0v) is 13.2. The quantitative estimate of drug-likeness (QED) is 0.592. The van der Waals surface area contributed by atoms with Crippen LogP contribution in [0, 0.1) is 11.6 Å². The Morgan fingerprint density at radius 2 is 2.10 bits per heavy atom. The summed E-state index contributed by atoms with van der Waals surface area (Å²) in [5, 5.41) is 0. The molecule has 0 aliphatic carbocycles. The molecule has 0 aliphatic rings. The Morgan fingerprint density at radius 1 is 1.30 bits per heavy atom. The Hall–Kier alpha value is -0.980. The number of fused-ring (bicyclic) bond motifs is 1. The number of hydrogen-bond donors (Lipinski definition) is 0. The molecule has 0 unspecified atom stereocenters. The first-order valence-corrected chi connectivity index (χ1v) is 7.87. The maximum absolute atomic E-state index is 13.8. The van der Waals surface area contributed by atoms with Crippen molar-refractivity contribution in [3.8, 4) is 0 Å². The Bertz CT molecular complexity index is 784. The van der Waals surface area contributed by atoms with Crippen molar-refractivity contribution in [2.24, 2.45) is 0 Å². The SMILES string of the molecule is Fc1cc(F)c2nc(CCl)n(Cc3ccc(Br)s3)c2c1. The average Bonchev–Trinajstić information content (AvgIpc) is 2.95. The molecule has 104 valence electrons. The van der Waals surface area contributed by atoms with Crippen molar-refractivity contribution in [1.82, 2.24) is 9.55 Å². The van der Waals surface area contributed by atoms with Crippen LogP contribution in [0.3, 0.4) is 0 Å². The van der Waals surface area contributed by atoms with Crippen LogP contribution in [-0.2, 0) is 12.4 Å². The van der Waals surface area contributed by atoms with Crippen LogP contribution in [0.15, 0.2) is 28.1 Å². The van der Waals surface area contributed by atoms with Crippen LogP contribution < -0.4 is 0 Å². The summed E-state index contributed by atoms with van der Waals surface area (Å²) in [7, 11) is 0. The Kier molecular flexibility index (Phi) is 3.79. The number of nitrogens with zero attached hydrogens (tertiary/aromatic N) is 2. The minimum absolute atomic E-state index is 0.141. The van der Waals surface area contributed by atoms with Gasteiger partial charge in [-0.2, -0.15) is 0 Å². The third-order valence-corrected chi connectivity index (χ3v) is 4.76. The Morgan fingerprint density at radius 3 is 2.75 bits per heavy atom. The summed E-state index contributed by atoms with van der Waals surface area (Å²) in [5.41, 5.74) is 0.570. The van der Waals surface area contributed by atoms with Crippen molar-refractivity contribution in [2.75, 3.05) is 0 Å². The molecule has 2 heterocycles. The zero-order valence-electron chi connectivity index (χ0n) is 10.0. The van der Waals surface area contributed by atoms with Gasteiger partial charge < -0.3 is 4.57 Å². The van der Waals surface area contributed by atoms with Gasteiger partial charge in [0.15, 0.2) is 5.82 Å². The molecule has 0 spiro atoms. The third-order valence-electron chi connectivity index (χ3n) is 2.91. The number of rotatable bonds is 3. The van der Waals surface area contributed by atoms with Gasteiger partial charge in [-0.05, 0) is 34.1 Å². The number of aromatic nitrogens is 2. The van der Waals surface area contributed by atoms with Gasteiger partial charge in [0.2, 0.25) is 0 Å². The van der Waals surface area contributed by atoms with Crippen LogP contribution in [0.4, 0.5) is 8.78 Å². The smallest absolute Gasteiger partial charge is 0.153 e. The highest BCUT2D eigenvalue weighted by atomic mass is 79.9. The monoisotopic (exact) mass is 376 g/mol. The molecule has 2 nitrogen and oxygen atoms in total. The van der Waals surface area contributed by atoms with Gasteiger partial charge in [0.1, 0.15) is 17.2 Å². The van der Waals surface area contributed by atoms with E-state index in [0.717, 1.165) is 14.7 Å². The molecule has 0 atom stereocenters. The zero-order chi connectivity index (χ0) is 14.3. The van der Waals surface area contributed by atoms with Crippen molar-refractivity contribution in [3.63, 3.8) is 0 Å². The largest absolute Gasteiger partial charge is 0.321 e. The van der Waals surface area contributed by atoms with E-state index < -0.39 is 11.6 Å². The molecular formula is C13H8BrClF2N2S. The first kappa shape index (κ1) is 14.0. The maximum Gasteiger partial charge on any atom is 0.153 e. The lowest BCUT2D eigenvalue weighted by Crippen LogP contribution is -2.02. The van der Waals surface area contributed by atoms with Crippen molar-refractivity contribution in [2.45, 2.75) is 12.4 Å². The lowest BCUT2D eigenvalue weighted by molar-refractivity contribution is 0.590. The number of thiophene rings is 1. The van der Waals surface area contributed by atoms with Gasteiger partial charge in [-0.25, -0.2) is 13.8 Å². The highest BCUT2D eigenvalue weighted by Gasteiger charge is 2.15. The van der Waals surface area contributed by atoms with Gasteiger partial charge in [-0.1, -0.05) is 0 Å². The highest BCUT2D eigenvalue weighted by molar-refractivity contribution is 9.11. The van der Waals surface area contributed by atoms with Crippen molar-refractivity contribution in [1.29, 1.82) is 0 Å². The molecule has 0 saturated carbocycles. The van der Waals surface area contributed by atoms with E-state index in [0.29, 0.717) is 17.9 Å². The van der Waals surface area contributed by atoms with Gasteiger partial charge in [0, 0.05) is 10.9 Å². The van der Waals surface area contributed by atoms with E-state index >= 15 is 0 Å². The van der Waals surface area contributed by atoms with Gasteiger partial charge in [0.25, 0.3) is 0 Å². The molecule has 3 rings (SSSR count). The molecular weight excluding hydrogens is 370 g/mol. The van der Waals surface area contributed by atoms with E-state index in [4.69, 9.17) is 11.6 Å². The molecule has 0 fully saturated rings. The third kappa shape index (κ3) is 2.47. The molecule has 0 bridgehead atoms. The first-order chi connectivity index (χ1) is 9.58. The van der Waals surface area contributed by atoms with Crippen LogP contribution in [0.25, 0.3) is 11.0 Å². The van der Waals surface area contributed by atoms with E-state index in [-0.39, 0.29) is 11.4 Å². The fourth-order valence-electron chi connectivity index (χ4n) is 2.07. The summed E-state index contributed by atoms with van der Waals surface area (Å²) in [6.07, 6.45) is 0. The van der Waals surface area contributed by atoms with Gasteiger partial charge in [0.05, 0.1) is 21.7 Å². The van der Waals surface area contributed by atoms with Crippen LogP contribution >= 0.6 is 38.9 Å². The standard InChI is InChI=1S/C13H8BrClF2N2S/c14-11-2-1-8(20-11)6-19-10-4-7(16)3-9(17)13(10)18-12(19)5-15/h1-4H,5-6H2. The summed E-state index contributed by atoms with van der Waals surface area (Å²) in [6.45, 7) is 0.484. The second kappa shape index (κ2) is 5.42. The van der Waals surface area contributed by atoms with Crippen LogP contribution in [0.5, 0.6) is 0 Å². The summed E-state index contributed by atoms with van der Waals surface area (Å²) >= 11 is 10.8. The number of imidazole rings is 1. The van der Waals surface area contributed by atoms with E-state index in [2.05, 4.69) is 20.9 Å². The topological polar surface area (TPSA) is 17.8 Å². The molecule has 0 amide bonds. The second-order valence-corrected chi connectivity index (χ2v) is 7.02. The van der Waals surface area contributed by atoms with E-state index in [1.807, 2.05) is 12.1 Å². The molecule has 1 aromatic carbocycles. The summed E-state index contributed by atoms with van der Waals surface area (Å²) < 4.78 is 29.9. The van der Waals surface area contributed by atoms with Crippen molar-refractivity contribution >= 4 is 49.9 Å². The first-order valence-electron chi connectivity index (χ1n) is 5.73. The normalized spacial score (nSPS) is 11.4. The number of halogens is 4. The summed E-state index contributed by atoms with van der Waals surface area (Å²) in [6, 6.07) is 6.00. The van der Waals surface area contributed by atoms with E-state index in [1.165, 1.54) is 6.07 Å². The minimum Gasteiger partial charge on any atom is -0.321 e. The van der Waals surface area contributed by atoms with Gasteiger partial charge >= 0.3 is 0 Å². The summed E-state index contributed by atoms with van der Waals surface area (Å²) in [5.74, 6) is -0.625. The Labute approximate surface area is 131 Å². The lowest BCUT2D eigenvalue weighted by Gasteiger charge is -2.06. The van der Waals surface area contributed by atoms with Crippen LogP contribution in [-0.4, -0.2) is 9.55 Å². The lowest BCUT2D eigenvalue weighted by atomic mass is 10.3. The minimum atomic E-state index is -0.669. The Balaban J connectivity index is 2.17. The highest BCUT2D eigenvalue weighted by Crippen LogP contribution is 2.27. The van der Waals surface area contributed by atoms with E-state index in [1.54, 1.807) is 15.9 Å². The number of benzene rings is 1. The van der Waals surface area contributed by atoms with E-state index in [9.17, 15) is 8.78 Å². The maximum atomic E-state index is 13.8. The molecule has 7 heteroatoms.